The molecule has 0 spiro atoms. The second kappa shape index (κ2) is 12.0. The second-order valence-electron chi connectivity index (χ2n) is 8.45. The van der Waals surface area contributed by atoms with Gasteiger partial charge >= 0.3 is 0 Å². The first-order chi connectivity index (χ1) is 16.4. The van der Waals surface area contributed by atoms with E-state index in [0.717, 1.165) is 5.56 Å². The molecule has 3 rings (SSSR count). The van der Waals surface area contributed by atoms with Crippen molar-refractivity contribution in [3.05, 3.63) is 101 Å². The molecule has 0 aliphatic heterocycles. The molecule has 0 saturated heterocycles. The quantitative estimate of drug-likeness (QED) is 0.475. The first kappa shape index (κ1) is 25.0. The van der Waals surface area contributed by atoms with Crippen molar-refractivity contribution in [3.63, 3.8) is 0 Å². The molecule has 2 amide bonds. The van der Waals surface area contributed by atoms with Gasteiger partial charge in [0.1, 0.15) is 17.6 Å². The number of nitrogens with one attached hydrogen (secondary N) is 1. The Morgan fingerprint density at radius 3 is 2.21 bits per heavy atom. The highest BCUT2D eigenvalue weighted by molar-refractivity contribution is 5.88. The summed E-state index contributed by atoms with van der Waals surface area (Å²) >= 11 is 0. The van der Waals surface area contributed by atoms with E-state index >= 15 is 0 Å². The Hall–Kier alpha value is -3.67. The number of carbonyl (C=O) groups is 2. The topological polar surface area (TPSA) is 58.6 Å². The van der Waals surface area contributed by atoms with Gasteiger partial charge in [-0.2, -0.15) is 0 Å². The van der Waals surface area contributed by atoms with Crippen molar-refractivity contribution in [1.82, 2.24) is 10.2 Å². The third kappa shape index (κ3) is 6.67. The average molecular weight is 463 g/mol. The Balaban J connectivity index is 1.85. The van der Waals surface area contributed by atoms with Gasteiger partial charge in [-0.05, 0) is 35.2 Å². The monoisotopic (exact) mass is 462 g/mol. The molecule has 0 fully saturated rings. The van der Waals surface area contributed by atoms with E-state index in [1.165, 1.54) is 23.6 Å². The summed E-state index contributed by atoms with van der Waals surface area (Å²) in [5.74, 6) is -0.210. The zero-order valence-corrected chi connectivity index (χ0v) is 19.8. The number of nitrogens with zero attached hydrogens (tertiary/aromatic N) is 1. The highest BCUT2D eigenvalue weighted by Crippen LogP contribution is 2.20. The van der Waals surface area contributed by atoms with Gasteiger partial charge in [0.15, 0.2) is 6.61 Å². The van der Waals surface area contributed by atoms with Crippen molar-refractivity contribution in [1.29, 1.82) is 0 Å². The van der Waals surface area contributed by atoms with Crippen LogP contribution in [0.15, 0.2) is 78.9 Å². The molecule has 3 aromatic rings. The van der Waals surface area contributed by atoms with Gasteiger partial charge in [-0.25, -0.2) is 4.39 Å². The van der Waals surface area contributed by atoms with E-state index in [9.17, 15) is 14.0 Å². The fourth-order valence-corrected chi connectivity index (χ4v) is 3.71. The summed E-state index contributed by atoms with van der Waals surface area (Å²) in [4.78, 5) is 27.6. The average Bonchev–Trinajstić information content (AvgIpc) is 2.86. The predicted octanol–water partition coefficient (Wildman–Crippen LogP) is 4.71. The van der Waals surface area contributed by atoms with Crippen LogP contribution in [0.3, 0.4) is 0 Å². The van der Waals surface area contributed by atoms with Crippen molar-refractivity contribution in [3.8, 4) is 5.75 Å². The molecule has 178 valence electrons. The Kier molecular flexibility index (Phi) is 8.79. The lowest BCUT2D eigenvalue weighted by Crippen LogP contribution is -2.51. The van der Waals surface area contributed by atoms with Crippen LogP contribution >= 0.6 is 0 Å². The second-order valence-corrected chi connectivity index (χ2v) is 8.45. The summed E-state index contributed by atoms with van der Waals surface area (Å²) in [5, 5.41) is 2.64. The number of amides is 2. The fraction of sp³-hybridized carbons (Fsp3) is 0.286. The molecule has 0 bridgehead atoms. The molecule has 6 heteroatoms. The number of benzene rings is 3. The highest BCUT2D eigenvalue weighted by atomic mass is 19.1. The fourth-order valence-electron chi connectivity index (χ4n) is 3.71. The summed E-state index contributed by atoms with van der Waals surface area (Å²) < 4.78 is 20.2. The highest BCUT2D eigenvalue weighted by Gasteiger charge is 2.30. The Morgan fingerprint density at radius 2 is 1.59 bits per heavy atom. The van der Waals surface area contributed by atoms with E-state index in [1.807, 2.05) is 54.6 Å². The maximum Gasteiger partial charge on any atom is 0.261 e. The number of ether oxygens (including phenoxy) is 1. The standard InChI is InChI=1S/C28H31FN2O3/c1-20(2)22-13-15-24(16-14-22)34-19-27(32)31(18-23-11-7-8-12-25(23)29)26(28(33)30-3)17-21-9-5-4-6-10-21/h4-16,20,26H,17-19H2,1-3H3,(H,30,33). The van der Waals surface area contributed by atoms with E-state index in [0.29, 0.717) is 23.7 Å². The lowest BCUT2D eigenvalue weighted by Gasteiger charge is -2.31. The zero-order valence-electron chi connectivity index (χ0n) is 19.8. The van der Waals surface area contributed by atoms with Gasteiger partial charge in [0.25, 0.3) is 5.91 Å². The maximum atomic E-state index is 14.5. The summed E-state index contributed by atoms with van der Waals surface area (Å²) in [6.45, 7) is 3.89. The molecular weight excluding hydrogens is 431 g/mol. The molecule has 1 atom stereocenters. The van der Waals surface area contributed by atoms with Crippen LogP contribution in [0.4, 0.5) is 4.39 Å². The normalized spacial score (nSPS) is 11.7. The minimum Gasteiger partial charge on any atom is -0.484 e. The Bertz CT molecular complexity index is 1080. The minimum atomic E-state index is -0.827. The summed E-state index contributed by atoms with van der Waals surface area (Å²) in [7, 11) is 1.53. The summed E-state index contributed by atoms with van der Waals surface area (Å²) in [6.07, 6.45) is 0.295. The zero-order chi connectivity index (χ0) is 24.5. The van der Waals surface area contributed by atoms with Gasteiger partial charge in [0, 0.05) is 25.6 Å². The van der Waals surface area contributed by atoms with Crippen molar-refractivity contribution >= 4 is 11.8 Å². The molecule has 34 heavy (non-hydrogen) atoms. The van der Waals surface area contributed by atoms with Crippen LogP contribution in [0.1, 0.15) is 36.5 Å². The largest absolute Gasteiger partial charge is 0.484 e. The van der Waals surface area contributed by atoms with E-state index in [1.54, 1.807) is 18.2 Å². The van der Waals surface area contributed by atoms with Gasteiger partial charge < -0.3 is 15.0 Å². The SMILES string of the molecule is CNC(=O)C(Cc1ccccc1)N(Cc1ccccc1F)C(=O)COc1ccc(C(C)C)cc1. The molecule has 0 aliphatic carbocycles. The van der Waals surface area contributed by atoms with E-state index in [2.05, 4.69) is 19.2 Å². The summed E-state index contributed by atoms with van der Waals surface area (Å²) in [6, 6.07) is 22.4. The number of halogens is 1. The van der Waals surface area contributed by atoms with E-state index in [4.69, 9.17) is 4.74 Å². The van der Waals surface area contributed by atoms with Crippen LogP contribution in [0.25, 0.3) is 0 Å². The molecule has 1 unspecified atom stereocenters. The minimum absolute atomic E-state index is 0.0495. The van der Waals surface area contributed by atoms with Crippen LogP contribution < -0.4 is 10.1 Å². The molecule has 3 aromatic carbocycles. The summed E-state index contributed by atoms with van der Waals surface area (Å²) in [5.41, 5.74) is 2.40. The van der Waals surface area contributed by atoms with E-state index in [-0.39, 0.29) is 19.1 Å². The molecule has 0 saturated carbocycles. The van der Waals surface area contributed by atoms with Crippen molar-refractivity contribution in [2.75, 3.05) is 13.7 Å². The van der Waals surface area contributed by atoms with Crippen LogP contribution in [0.2, 0.25) is 0 Å². The van der Waals surface area contributed by atoms with Crippen molar-refractivity contribution in [2.45, 2.75) is 38.8 Å². The number of rotatable bonds is 10. The van der Waals surface area contributed by atoms with Gasteiger partial charge in [-0.15, -0.1) is 0 Å². The maximum absolute atomic E-state index is 14.5. The molecule has 0 aliphatic rings. The first-order valence-electron chi connectivity index (χ1n) is 11.4. The van der Waals surface area contributed by atoms with Crippen molar-refractivity contribution in [2.24, 2.45) is 0 Å². The molecule has 0 aromatic heterocycles. The Morgan fingerprint density at radius 1 is 0.941 bits per heavy atom. The molecule has 0 radical (unpaired) electrons. The van der Waals surface area contributed by atoms with Crippen LogP contribution in [-0.4, -0.2) is 36.4 Å². The first-order valence-corrected chi connectivity index (χ1v) is 11.4. The molecular formula is C28H31FN2O3. The smallest absolute Gasteiger partial charge is 0.261 e. The van der Waals surface area contributed by atoms with Gasteiger partial charge in [-0.3, -0.25) is 9.59 Å². The molecule has 1 N–H and O–H groups in total. The van der Waals surface area contributed by atoms with Gasteiger partial charge in [0.05, 0.1) is 0 Å². The van der Waals surface area contributed by atoms with E-state index < -0.39 is 17.8 Å². The number of likely N-dealkylation sites (N-methyl/N-ethyl adjacent to an activating group) is 1. The van der Waals surface area contributed by atoms with Crippen LogP contribution in [0.5, 0.6) is 5.75 Å². The number of hydrogen-bond acceptors (Lipinski definition) is 3. The van der Waals surface area contributed by atoms with Gasteiger partial charge in [-0.1, -0.05) is 74.5 Å². The van der Waals surface area contributed by atoms with Crippen molar-refractivity contribution < 1.29 is 18.7 Å². The lowest BCUT2D eigenvalue weighted by atomic mass is 10.0. The van der Waals surface area contributed by atoms with Gasteiger partial charge in [0.2, 0.25) is 5.91 Å². The lowest BCUT2D eigenvalue weighted by molar-refractivity contribution is -0.142. The third-order valence-corrected chi connectivity index (χ3v) is 5.73. The Labute approximate surface area is 200 Å². The third-order valence-electron chi connectivity index (χ3n) is 5.73. The number of carbonyl (C=O) groups excluding carboxylic acids is 2. The predicted molar refractivity (Wildman–Crippen MR) is 131 cm³/mol. The van der Waals surface area contributed by atoms with Crippen LogP contribution in [-0.2, 0) is 22.6 Å². The number of hydrogen-bond donors (Lipinski definition) is 1. The molecule has 0 heterocycles. The molecule has 5 nitrogen and oxygen atoms in total. The van der Waals surface area contributed by atoms with Crippen LogP contribution in [0, 0.1) is 5.82 Å².